The van der Waals surface area contributed by atoms with Gasteiger partial charge in [-0.2, -0.15) is 0 Å². The zero-order chi connectivity index (χ0) is 42.8. The molecule has 2 heterocycles. The highest BCUT2D eigenvalue weighted by atomic mass is 32.1. The summed E-state index contributed by atoms with van der Waals surface area (Å²) >= 11 is 1.87. The normalized spacial score (nSPS) is 11.7. The van der Waals surface area contributed by atoms with Crippen molar-refractivity contribution < 1.29 is 4.42 Å². The Labute approximate surface area is 380 Å². The van der Waals surface area contributed by atoms with Crippen molar-refractivity contribution in [2.24, 2.45) is 0 Å². The van der Waals surface area contributed by atoms with Crippen molar-refractivity contribution in [2.75, 3.05) is 4.90 Å². The summed E-state index contributed by atoms with van der Waals surface area (Å²) in [6.45, 7) is 0. The van der Waals surface area contributed by atoms with E-state index in [4.69, 9.17) is 4.42 Å². The molecular formula is C62H39NOS. The molecule has 0 radical (unpaired) electrons. The summed E-state index contributed by atoms with van der Waals surface area (Å²) in [4.78, 5) is 2.39. The van der Waals surface area contributed by atoms with E-state index in [1.165, 1.54) is 64.1 Å². The molecule has 65 heavy (non-hydrogen) atoms. The number of thiophene rings is 1. The number of furan rings is 1. The van der Waals surface area contributed by atoms with Crippen molar-refractivity contribution in [1.82, 2.24) is 0 Å². The number of fused-ring (bicyclic) bond motifs is 9. The van der Waals surface area contributed by atoms with Crippen LogP contribution in [0.25, 0.3) is 108 Å². The van der Waals surface area contributed by atoms with Crippen molar-refractivity contribution in [1.29, 1.82) is 0 Å². The minimum absolute atomic E-state index is 0.889. The molecule has 0 aliphatic heterocycles. The van der Waals surface area contributed by atoms with Crippen LogP contribution in [0.15, 0.2) is 241 Å². The van der Waals surface area contributed by atoms with Gasteiger partial charge in [-0.25, -0.2) is 0 Å². The van der Waals surface area contributed by atoms with Gasteiger partial charge in [0.25, 0.3) is 0 Å². The fourth-order valence-electron chi connectivity index (χ4n) is 9.95. The van der Waals surface area contributed by atoms with Crippen LogP contribution in [0.2, 0.25) is 0 Å². The van der Waals surface area contributed by atoms with Gasteiger partial charge in [-0.3, -0.25) is 0 Å². The predicted octanol–water partition coefficient (Wildman–Crippen LogP) is 18.4. The summed E-state index contributed by atoms with van der Waals surface area (Å²) in [5.41, 5.74) is 14.4. The summed E-state index contributed by atoms with van der Waals surface area (Å²) < 4.78 is 9.55. The minimum atomic E-state index is 0.889. The third-order valence-corrected chi connectivity index (χ3v) is 14.3. The molecule has 0 saturated heterocycles. The molecule has 0 saturated carbocycles. The van der Waals surface area contributed by atoms with Gasteiger partial charge in [0.05, 0.1) is 5.69 Å². The summed E-state index contributed by atoms with van der Waals surface area (Å²) in [6.07, 6.45) is 0. The number of hydrogen-bond donors (Lipinski definition) is 0. The van der Waals surface area contributed by atoms with Gasteiger partial charge in [-0.15, -0.1) is 11.3 Å². The lowest BCUT2D eigenvalue weighted by Crippen LogP contribution is -2.11. The van der Waals surface area contributed by atoms with Gasteiger partial charge in [0.2, 0.25) is 0 Å². The zero-order valence-corrected chi connectivity index (χ0v) is 36.1. The van der Waals surface area contributed by atoms with Crippen LogP contribution in [0.5, 0.6) is 0 Å². The number of anilines is 3. The molecule has 0 amide bonds. The van der Waals surface area contributed by atoms with Crippen LogP contribution in [-0.4, -0.2) is 0 Å². The molecule has 0 bridgehead atoms. The van der Waals surface area contributed by atoms with Crippen molar-refractivity contribution in [2.45, 2.75) is 0 Å². The summed E-state index contributed by atoms with van der Waals surface area (Å²) in [5, 5.41) is 9.66. The average molecular weight is 846 g/mol. The molecule has 304 valence electrons. The highest BCUT2D eigenvalue weighted by Crippen LogP contribution is 2.46. The second kappa shape index (κ2) is 15.2. The van der Waals surface area contributed by atoms with Crippen LogP contribution >= 0.6 is 11.3 Å². The second-order valence-electron chi connectivity index (χ2n) is 16.8. The van der Waals surface area contributed by atoms with Crippen molar-refractivity contribution in [3.05, 3.63) is 237 Å². The maximum absolute atomic E-state index is 6.92. The predicted molar refractivity (Wildman–Crippen MR) is 278 cm³/mol. The van der Waals surface area contributed by atoms with Crippen LogP contribution < -0.4 is 4.90 Å². The van der Waals surface area contributed by atoms with E-state index in [0.717, 1.165) is 61.1 Å². The molecule has 0 unspecified atom stereocenters. The Morgan fingerprint density at radius 2 is 0.785 bits per heavy atom. The lowest BCUT2D eigenvalue weighted by Gasteiger charge is -2.28. The average Bonchev–Trinajstić information content (AvgIpc) is 3.96. The monoisotopic (exact) mass is 845 g/mol. The van der Waals surface area contributed by atoms with E-state index in [0.29, 0.717) is 0 Å². The van der Waals surface area contributed by atoms with Crippen LogP contribution in [-0.2, 0) is 0 Å². The van der Waals surface area contributed by atoms with Gasteiger partial charge in [-0.05, 0) is 92.0 Å². The van der Waals surface area contributed by atoms with Gasteiger partial charge in [0.1, 0.15) is 11.2 Å². The van der Waals surface area contributed by atoms with Gasteiger partial charge in [-0.1, -0.05) is 194 Å². The van der Waals surface area contributed by atoms with Crippen LogP contribution in [0.3, 0.4) is 0 Å². The number of nitrogens with zero attached hydrogens (tertiary/aromatic N) is 1. The Balaban J connectivity index is 0.934. The zero-order valence-electron chi connectivity index (χ0n) is 35.3. The van der Waals surface area contributed by atoms with E-state index in [1.54, 1.807) is 0 Å². The first-order valence-electron chi connectivity index (χ1n) is 22.2. The van der Waals surface area contributed by atoms with Crippen molar-refractivity contribution in [3.8, 4) is 44.5 Å². The third kappa shape index (κ3) is 6.24. The maximum atomic E-state index is 6.92. The highest BCUT2D eigenvalue weighted by Gasteiger charge is 2.22. The summed E-state index contributed by atoms with van der Waals surface area (Å²) in [6, 6.07) is 85.8. The molecule has 0 aliphatic carbocycles. The smallest absolute Gasteiger partial charge is 0.143 e. The highest BCUT2D eigenvalue weighted by molar-refractivity contribution is 7.26. The first-order chi connectivity index (χ1) is 32.2. The Hall–Kier alpha value is -8.24. The van der Waals surface area contributed by atoms with Crippen LogP contribution in [0, 0.1) is 0 Å². The number of rotatable bonds is 7. The van der Waals surface area contributed by atoms with E-state index < -0.39 is 0 Å². The Kier molecular flexibility index (Phi) is 8.75. The molecule has 11 aromatic carbocycles. The molecular weight excluding hydrogens is 807 g/mol. The standard InChI is InChI=1S/C62H39NOS/c1-3-15-48-42(12-1)14-9-19-49(48)44-28-26-40(27-29-44)41-30-35-46(36-31-41)63(47-37-32-45(33-38-47)51-20-10-23-57-53-18-6-8-25-59(53)65-62(51)57)58-24-7-5-17-52(58)54-21-11-22-55-56-39-34-43-13-2-4-16-50(43)60(56)64-61(54)55/h1-39H. The Morgan fingerprint density at radius 1 is 0.292 bits per heavy atom. The van der Waals surface area contributed by atoms with E-state index >= 15 is 0 Å². The molecule has 13 aromatic rings. The lowest BCUT2D eigenvalue weighted by molar-refractivity contribution is 0.674. The topological polar surface area (TPSA) is 16.4 Å². The number of hydrogen-bond acceptors (Lipinski definition) is 3. The Bertz CT molecular complexity index is 3930. The molecule has 0 atom stereocenters. The maximum Gasteiger partial charge on any atom is 0.143 e. The van der Waals surface area contributed by atoms with Gasteiger partial charge in [0.15, 0.2) is 0 Å². The summed E-state index contributed by atoms with van der Waals surface area (Å²) in [5.74, 6) is 0. The number of para-hydroxylation sites is 2. The number of benzene rings is 11. The van der Waals surface area contributed by atoms with E-state index in [2.05, 4.69) is 241 Å². The molecule has 13 rings (SSSR count). The van der Waals surface area contributed by atoms with Crippen LogP contribution in [0.4, 0.5) is 17.1 Å². The molecule has 2 nitrogen and oxygen atoms in total. The van der Waals surface area contributed by atoms with E-state index in [-0.39, 0.29) is 0 Å². The second-order valence-corrected chi connectivity index (χ2v) is 17.8. The third-order valence-electron chi connectivity index (χ3n) is 13.1. The lowest BCUT2D eigenvalue weighted by atomic mass is 9.96. The van der Waals surface area contributed by atoms with E-state index in [9.17, 15) is 0 Å². The molecule has 0 aliphatic rings. The van der Waals surface area contributed by atoms with Gasteiger partial charge in [0, 0.05) is 58.8 Å². The SMILES string of the molecule is c1ccc(N(c2ccc(-c3ccc(-c4cccc5ccccc45)cc3)cc2)c2ccc(-c3cccc4c3sc3ccccc34)cc2)c(-c2cccc3c2oc2c4ccccc4ccc32)c1. The van der Waals surface area contributed by atoms with Crippen molar-refractivity contribution >= 4 is 92.1 Å². The Morgan fingerprint density at radius 3 is 1.57 bits per heavy atom. The van der Waals surface area contributed by atoms with Gasteiger partial charge >= 0.3 is 0 Å². The van der Waals surface area contributed by atoms with Crippen LogP contribution in [0.1, 0.15) is 0 Å². The molecule has 2 aromatic heterocycles. The molecule has 0 spiro atoms. The van der Waals surface area contributed by atoms with Crippen molar-refractivity contribution in [3.63, 3.8) is 0 Å². The largest absolute Gasteiger partial charge is 0.455 e. The molecule has 0 N–H and O–H groups in total. The first kappa shape index (κ1) is 37.3. The molecule has 0 fully saturated rings. The first-order valence-corrected chi connectivity index (χ1v) is 23.0. The molecule has 3 heteroatoms. The summed E-state index contributed by atoms with van der Waals surface area (Å²) in [7, 11) is 0. The van der Waals surface area contributed by atoms with E-state index in [1.807, 2.05) is 11.3 Å². The van der Waals surface area contributed by atoms with Gasteiger partial charge < -0.3 is 9.32 Å². The minimum Gasteiger partial charge on any atom is -0.455 e. The quantitative estimate of drug-likeness (QED) is 0.159. The fraction of sp³-hybridized carbons (Fsp3) is 0. The fourth-order valence-corrected chi connectivity index (χ4v) is 11.2.